The lowest BCUT2D eigenvalue weighted by Crippen LogP contribution is -2.49. The summed E-state index contributed by atoms with van der Waals surface area (Å²) in [4.78, 5) is 43.6. The number of nitrogens with one attached hydrogen (secondary N) is 1. The Balaban J connectivity index is 1.16. The van der Waals surface area contributed by atoms with Crippen LogP contribution in [0.4, 0.5) is 5.82 Å². The third kappa shape index (κ3) is 5.26. The minimum Gasteiger partial charge on any atom is -0.352 e. The topological polar surface area (TPSA) is 96.2 Å². The van der Waals surface area contributed by atoms with Gasteiger partial charge in [0.1, 0.15) is 11.5 Å². The van der Waals surface area contributed by atoms with Gasteiger partial charge >= 0.3 is 0 Å². The Labute approximate surface area is 238 Å². The maximum absolute atomic E-state index is 14.1. The smallest absolute Gasteiger partial charge is 0.271 e. The van der Waals surface area contributed by atoms with Gasteiger partial charge in [-0.2, -0.15) is 0 Å². The molecule has 9 heteroatoms. The Kier molecular flexibility index (Phi) is 7.16. The second-order valence-electron chi connectivity index (χ2n) is 10.2. The number of aromatic nitrogens is 4. The molecule has 0 saturated carbocycles. The summed E-state index contributed by atoms with van der Waals surface area (Å²) in [7, 11) is 2.02. The fourth-order valence-electron chi connectivity index (χ4n) is 5.37. The second-order valence-corrected chi connectivity index (χ2v) is 10.2. The zero-order valence-electron chi connectivity index (χ0n) is 23.1. The first-order valence-corrected chi connectivity index (χ1v) is 13.7. The van der Waals surface area contributed by atoms with E-state index in [9.17, 15) is 9.59 Å². The predicted molar refractivity (Wildman–Crippen MR) is 159 cm³/mol. The molecule has 2 aromatic carbocycles. The van der Waals surface area contributed by atoms with Gasteiger partial charge in [0.15, 0.2) is 0 Å². The minimum absolute atomic E-state index is 0.0331. The molecule has 5 aromatic rings. The van der Waals surface area contributed by atoms with Crippen LogP contribution in [0, 0.1) is 6.92 Å². The zero-order valence-corrected chi connectivity index (χ0v) is 23.1. The molecule has 41 heavy (non-hydrogen) atoms. The molecule has 0 spiro atoms. The fraction of sp³-hybridized carbons (Fsp3) is 0.219. The van der Waals surface area contributed by atoms with Crippen molar-refractivity contribution in [2.45, 2.75) is 13.5 Å². The van der Waals surface area contributed by atoms with Gasteiger partial charge in [-0.05, 0) is 36.8 Å². The normalized spacial score (nSPS) is 13.4. The van der Waals surface area contributed by atoms with Gasteiger partial charge in [0.05, 0.1) is 35.9 Å². The van der Waals surface area contributed by atoms with Crippen LogP contribution in [0.1, 0.15) is 32.1 Å². The van der Waals surface area contributed by atoms with E-state index in [-0.39, 0.29) is 17.5 Å². The predicted octanol–water partition coefficient (Wildman–Crippen LogP) is 4.23. The largest absolute Gasteiger partial charge is 0.352 e. The average Bonchev–Trinajstić information content (AvgIpc) is 3.31. The first kappa shape index (κ1) is 26.2. The number of carbonyl (C=O) groups excluding carboxylic acids is 2. The molecule has 0 unspecified atom stereocenters. The van der Waals surface area contributed by atoms with Crippen molar-refractivity contribution in [3.8, 4) is 11.3 Å². The van der Waals surface area contributed by atoms with E-state index in [2.05, 4.69) is 67.0 Å². The number of anilines is 1. The Bertz CT molecular complexity index is 1690. The Morgan fingerprint density at radius 3 is 2.37 bits per heavy atom. The molecule has 9 nitrogen and oxygen atoms in total. The fourth-order valence-corrected chi connectivity index (χ4v) is 5.37. The van der Waals surface area contributed by atoms with Crippen molar-refractivity contribution in [1.29, 1.82) is 0 Å². The maximum Gasteiger partial charge on any atom is 0.271 e. The Morgan fingerprint density at radius 2 is 1.66 bits per heavy atom. The van der Waals surface area contributed by atoms with Crippen molar-refractivity contribution in [3.05, 3.63) is 108 Å². The third-order valence-electron chi connectivity index (χ3n) is 7.53. The number of hydrogen-bond donors (Lipinski definition) is 1. The van der Waals surface area contributed by atoms with E-state index in [1.54, 1.807) is 12.4 Å². The zero-order chi connectivity index (χ0) is 28.3. The highest BCUT2D eigenvalue weighted by atomic mass is 16.2. The van der Waals surface area contributed by atoms with Crippen molar-refractivity contribution in [1.82, 2.24) is 29.7 Å². The molecule has 0 atom stereocenters. The third-order valence-corrected chi connectivity index (χ3v) is 7.53. The van der Waals surface area contributed by atoms with E-state index in [4.69, 9.17) is 0 Å². The molecular weight excluding hydrogens is 514 g/mol. The summed E-state index contributed by atoms with van der Waals surface area (Å²) >= 11 is 0. The number of piperazine rings is 1. The minimum atomic E-state index is -0.301. The Hall–Kier alpha value is -5.05. The van der Waals surface area contributed by atoms with Crippen LogP contribution in [-0.2, 0) is 13.6 Å². The number of rotatable bonds is 6. The first-order chi connectivity index (χ1) is 20.0. The molecule has 1 N–H and O–H groups in total. The highest BCUT2D eigenvalue weighted by molar-refractivity contribution is 6.13. The molecule has 3 aromatic heterocycles. The number of amides is 2. The molecule has 0 radical (unpaired) electrons. The van der Waals surface area contributed by atoms with E-state index >= 15 is 0 Å². The Morgan fingerprint density at radius 1 is 0.878 bits per heavy atom. The van der Waals surface area contributed by atoms with Crippen molar-refractivity contribution >= 4 is 28.5 Å². The van der Waals surface area contributed by atoms with Gasteiger partial charge in [-0.15, -0.1) is 0 Å². The summed E-state index contributed by atoms with van der Waals surface area (Å²) in [6, 6.07) is 21.9. The molecule has 206 valence electrons. The van der Waals surface area contributed by atoms with E-state index in [0.717, 1.165) is 39.0 Å². The molecule has 2 amide bonds. The highest BCUT2D eigenvalue weighted by Crippen LogP contribution is 2.35. The van der Waals surface area contributed by atoms with Crippen LogP contribution in [0.5, 0.6) is 0 Å². The number of nitrogens with zero attached hydrogens (tertiary/aromatic N) is 6. The maximum atomic E-state index is 14.1. The molecule has 1 aliphatic heterocycles. The molecule has 1 aliphatic rings. The lowest BCUT2D eigenvalue weighted by Gasteiger charge is -2.35. The second kappa shape index (κ2) is 11.2. The molecule has 0 aliphatic carbocycles. The van der Waals surface area contributed by atoms with Crippen LogP contribution in [0.3, 0.4) is 0 Å². The van der Waals surface area contributed by atoms with Crippen LogP contribution >= 0.6 is 0 Å². The van der Waals surface area contributed by atoms with Crippen LogP contribution < -0.4 is 10.2 Å². The van der Waals surface area contributed by atoms with Gasteiger partial charge in [-0.3, -0.25) is 14.6 Å². The standard InChI is InChI=1S/C32H31N7O2/c1-22-11-12-27-25(18-22)29(30(37(27)2)23-8-4-3-5-9-23)32(41)39-16-14-38(15-17-39)28-21-34-26(20-35-28)31(40)36-19-24-10-6-7-13-33-24/h3-13,18,20-21H,14-17,19H2,1-2H3,(H,36,40). The van der Waals surface area contributed by atoms with E-state index in [1.165, 1.54) is 6.20 Å². The molecule has 1 saturated heterocycles. The highest BCUT2D eigenvalue weighted by Gasteiger charge is 2.29. The lowest BCUT2D eigenvalue weighted by atomic mass is 10.0. The number of carbonyl (C=O) groups is 2. The summed E-state index contributed by atoms with van der Waals surface area (Å²) in [5.41, 5.74) is 5.87. The van der Waals surface area contributed by atoms with Crippen LogP contribution in [0.15, 0.2) is 85.3 Å². The van der Waals surface area contributed by atoms with Crippen LogP contribution in [0.2, 0.25) is 0 Å². The number of aryl methyl sites for hydroxylation is 2. The molecular formula is C32H31N7O2. The number of fused-ring (bicyclic) bond motifs is 1. The quantitative estimate of drug-likeness (QED) is 0.343. The van der Waals surface area contributed by atoms with Gasteiger partial charge in [0.2, 0.25) is 0 Å². The van der Waals surface area contributed by atoms with Gasteiger partial charge in [0, 0.05) is 50.3 Å². The van der Waals surface area contributed by atoms with Crippen LogP contribution in [0.25, 0.3) is 22.2 Å². The summed E-state index contributed by atoms with van der Waals surface area (Å²) in [6.07, 6.45) is 4.80. The average molecular weight is 546 g/mol. The number of benzene rings is 2. The SMILES string of the molecule is Cc1ccc2c(c1)c(C(=O)N1CCN(c3cnc(C(=O)NCc4ccccn4)cn3)CC1)c(-c1ccccc1)n2C. The van der Waals surface area contributed by atoms with Crippen LogP contribution in [-0.4, -0.2) is 62.4 Å². The van der Waals surface area contributed by atoms with E-state index < -0.39 is 0 Å². The van der Waals surface area contributed by atoms with Crippen molar-refractivity contribution in [2.75, 3.05) is 31.1 Å². The molecule has 0 bridgehead atoms. The number of hydrogen-bond acceptors (Lipinski definition) is 6. The lowest BCUT2D eigenvalue weighted by molar-refractivity contribution is 0.0748. The first-order valence-electron chi connectivity index (χ1n) is 13.7. The summed E-state index contributed by atoms with van der Waals surface area (Å²) in [5.74, 6) is 0.416. The summed E-state index contributed by atoms with van der Waals surface area (Å²) in [5, 5.41) is 3.79. The van der Waals surface area contributed by atoms with Crippen molar-refractivity contribution in [3.63, 3.8) is 0 Å². The van der Waals surface area contributed by atoms with Gasteiger partial charge < -0.3 is 19.7 Å². The molecule has 4 heterocycles. The van der Waals surface area contributed by atoms with E-state index in [1.807, 2.05) is 48.3 Å². The van der Waals surface area contributed by atoms with Gasteiger partial charge in [-0.1, -0.05) is 48.0 Å². The van der Waals surface area contributed by atoms with Crippen molar-refractivity contribution < 1.29 is 9.59 Å². The number of pyridine rings is 1. The molecule has 1 fully saturated rings. The summed E-state index contributed by atoms with van der Waals surface area (Å²) < 4.78 is 2.12. The van der Waals surface area contributed by atoms with Gasteiger partial charge in [0.25, 0.3) is 11.8 Å². The van der Waals surface area contributed by atoms with E-state index in [0.29, 0.717) is 38.5 Å². The molecule has 6 rings (SSSR count). The van der Waals surface area contributed by atoms with Crippen molar-refractivity contribution in [2.24, 2.45) is 7.05 Å². The van der Waals surface area contributed by atoms with Gasteiger partial charge in [-0.25, -0.2) is 9.97 Å². The summed E-state index contributed by atoms with van der Waals surface area (Å²) in [6.45, 7) is 4.73. The monoisotopic (exact) mass is 545 g/mol.